The first-order valence-electron chi connectivity index (χ1n) is 5.54. The minimum Gasteiger partial charge on any atom is -0.382 e. The Morgan fingerprint density at radius 2 is 2.14 bits per heavy atom. The van der Waals surface area contributed by atoms with Crippen LogP contribution in [-0.4, -0.2) is 16.3 Å². The van der Waals surface area contributed by atoms with Gasteiger partial charge in [0.1, 0.15) is 0 Å². The maximum atomic E-state index is 4.38. The first kappa shape index (κ1) is 11.1. The Morgan fingerprint density at radius 3 is 2.79 bits per heavy atom. The van der Waals surface area contributed by atoms with Crippen molar-refractivity contribution in [3.8, 4) is 0 Å². The van der Waals surface area contributed by atoms with Crippen LogP contribution in [0.5, 0.6) is 0 Å². The summed E-state index contributed by atoms with van der Waals surface area (Å²) < 4.78 is 1.88. The molecule has 0 radical (unpaired) electrons. The van der Waals surface area contributed by atoms with E-state index >= 15 is 0 Å². The van der Waals surface area contributed by atoms with Crippen molar-refractivity contribution in [3.63, 3.8) is 0 Å². The first-order valence-corrected chi connectivity index (χ1v) is 5.54. The quantitative estimate of drug-likeness (QED) is 0.707. The molecule has 1 aromatic rings. The van der Waals surface area contributed by atoms with E-state index in [4.69, 9.17) is 0 Å². The minimum atomic E-state index is 0.997. The largest absolute Gasteiger partial charge is 0.382 e. The van der Waals surface area contributed by atoms with E-state index < -0.39 is 0 Å². The van der Waals surface area contributed by atoms with Crippen LogP contribution in [-0.2, 0) is 13.5 Å². The van der Waals surface area contributed by atoms with Gasteiger partial charge < -0.3 is 5.32 Å². The molecule has 14 heavy (non-hydrogen) atoms. The SMILES string of the molecule is CCCCCNc1cn(C)nc1CC. The number of rotatable bonds is 6. The van der Waals surface area contributed by atoms with Crippen LogP contribution in [0.3, 0.4) is 0 Å². The van der Waals surface area contributed by atoms with E-state index in [1.165, 1.54) is 30.6 Å². The van der Waals surface area contributed by atoms with Crippen LogP contribution in [0.25, 0.3) is 0 Å². The van der Waals surface area contributed by atoms with Gasteiger partial charge in [0, 0.05) is 19.8 Å². The molecule has 3 heteroatoms. The number of unbranched alkanes of at least 4 members (excludes halogenated alkanes) is 2. The third-order valence-corrected chi connectivity index (χ3v) is 2.34. The molecule has 3 nitrogen and oxygen atoms in total. The molecule has 0 aliphatic carbocycles. The summed E-state index contributed by atoms with van der Waals surface area (Å²) in [6.07, 6.45) is 6.88. The predicted octanol–water partition coefficient (Wildman–Crippen LogP) is 2.58. The predicted molar refractivity (Wildman–Crippen MR) is 60.6 cm³/mol. The molecule has 0 aliphatic rings. The highest BCUT2D eigenvalue weighted by Gasteiger charge is 2.03. The van der Waals surface area contributed by atoms with E-state index in [-0.39, 0.29) is 0 Å². The summed E-state index contributed by atoms with van der Waals surface area (Å²) in [6, 6.07) is 0. The normalized spacial score (nSPS) is 10.5. The average Bonchev–Trinajstić information content (AvgIpc) is 2.54. The van der Waals surface area contributed by atoms with Crippen LogP contribution in [0.2, 0.25) is 0 Å². The monoisotopic (exact) mass is 195 g/mol. The molecule has 0 bridgehead atoms. The van der Waals surface area contributed by atoms with Gasteiger partial charge >= 0.3 is 0 Å². The van der Waals surface area contributed by atoms with Crippen LogP contribution in [0.1, 0.15) is 38.8 Å². The van der Waals surface area contributed by atoms with Crippen LogP contribution in [0, 0.1) is 0 Å². The fourth-order valence-electron chi connectivity index (χ4n) is 1.54. The van der Waals surface area contributed by atoms with Crippen LogP contribution < -0.4 is 5.32 Å². The lowest BCUT2D eigenvalue weighted by Gasteiger charge is -2.03. The fraction of sp³-hybridized carbons (Fsp3) is 0.727. The van der Waals surface area contributed by atoms with Gasteiger partial charge in [0.2, 0.25) is 0 Å². The molecule has 1 aromatic heterocycles. The van der Waals surface area contributed by atoms with Crippen molar-refractivity contribution < 1.29 is 0 Å². The molecule has 0 fully saturated rings. The summed E-state index contributed by atoms with van der Waals surface area (Å²) in [7, 11) is 1.97. The van der Waals surface area contributed by atoms with Crippen molar-refractivity contribution >= 4 is 5.69 Å². The van der Waals surface area contributed by atoms with Gasteiger partial charge in [0.15, 0.2) is 0 Å². The zero-order chi connectivity index (χ0) is 10.4. The second-order valence-electron chi connectivity index (χ2n) is 3.65. The molecule has 0 atom stereocenters. The van der Waals surface area contributed by atoms with E-state index in [0.717, 1.165) is 13.0 Å². The molecule has 0 aliphatic heterocycles. The highest BCUT2D eigenvalue weighted by Crippen LogP contribution is 2.13. The van der Waals surface area contributed by atoms with Crippen LogP contribution in [0.4, 0.5) is 5.69 Å². The van der Waals surface area contributed by atoms with Crippen molar-refractivity contribution in [2.45, 2.75) is 39.5 Å². The molecule has 0 amide bonds. The number of nitrogens with one attached hydrogen (secondary N) is 1. The van der Waals surface area contributed by atoms with Gasteiger partial charge in [-0.05, 0) is 12.8 Å². The summed E-state index contributed by atoms with van der Waals surface area (Å²) in [4.78, 5) is 0. The number of hydrogen-bond acceptors (Lipinski definition) is 2. The summed E-state index contributed by atoms with van der Waals surface area (Å²) in [5, 5.41) is 7.82. The number of aryl methyl sites for hydroxylation is 2. The Bertz CT molecular complexity index is 265. The molecule has 1 heterocycles. The molecular weight excluding hydrogens is 174 g/mol. The van der Waals surface area contributed by atoms with E-state index in [1.807, 2.05) is 11.7 Å². The van der Waals surface area contributed by atoms with Gasteiger partial charge in [-0.25, -0.2) is 0 Å². The second kappa shape index (κ2) is 5.68. The van der Waals surface area contributed by atoms with Crippen molar-refractivity contribution in [3.05, 3.63) is 11.9 Å². The van der Waals surface area contributed by atoms with E-state index in [2.05, 4.69) is 30.5 Å². The Hall–Kier alpha value is -0.990. The van der Waals surface area contributed by atoms with Crippen LogP contribution in [0.15, 0.2) is 6.20 Å². The lowest BCUT2D eigenvalue weighted by molar-refractivity contribution is 0.743. The van der Waals surface area contributed by atoms with Gasteiger partial charge in [0.05, 0.1) is 11.4 Å². The maximum absolute atomic E-state index is 4.38. The zero-order valence-electron chi connectivity index (χ0n) is 9.51. The van der Waals surface area contributed by atoms with Gasteiger partial charge in [-0.15, -0.1) is 0 Å². The fourth-order valence-corrected chi connectivity index (χ4v) is 1.54. The van der Waals surface area contributed by atoms with E-state index in [1.54, 1.807) is 0 Å². The third-order valence-electron chi connectivity index (χ3n) is 2.34. The molecule has 0 saturated carbocycles. The number of nitrogens with zero attached hydrogens (tertiary/aromatic N) is 2. The summed E-state index contributed by atoms with van der Waals surface area (Å²) in [5.74, 6) is 0. The van der Waals surface area contributed by atoms with E-state index in [9.17, 15) is 0 Å². The Morgan fingerprint density at radius 1 is 1.36 bits per heavy atom. The molecule has 1 N–H and O–H groups in total. The lowest BCUT2D eigenvalue weighted by Crippen LogP contribution is -2.02. The Labute approximate surface area is 86.5 Å². The van der Waals surface area contributed by atoms with Gasteiger partial charge in [-0.2, -0.15) is 5.10 Å². The average molecular weight is 195 g/mol. The molecular formula is C11H21N3. The van der Waals surface area contributed by atoms with Crippen molar-refractivity contribution in [1.82, 2.24) is 9.78 Å². The Balaban J connectivity index is 2.41. The molecule has 0 unspecified atom stereocenters. The number of hydrogen-bond donors (Lipinski definition) is 1. The highest BCUT2D eigenvalue weighted by atomic mass is 15.3. The molecule has 0 aromatic carbocycles. The molecule has 0 spiro atoms. The summed E-state index contributed by atoms with van der Waals surface area (Å²) in [6.45, 7) is 5.42. The molecule has 0 saturated heterocycles. The molecule has 1 rings (SSSR count). The van der Waals surface area contributed by atoms with Crippen molar-refractivity contribution in [2.24, 2.45) is 7.05 Å². The van der Waals surface area contributed by atoms with Crippen molar-refractivity contribution in [2.75, 3.05) is 11.9 Å². The Kier molecular flexibility index (Phi) is 4.50. The number of anilines is 1. The topological polar surface area (TPSA) is 29.9 Å². The first-order chi connectivity index (χ1) is 6.77. The van der Waals surface area contributed by atoms with Crippen molar-refractivity contribution in [1.29, 1.82) is 0 Å². The zero-order valence-corrected chi connectivity index (χ0v) is 9.51. The van der Waals surface area contributed by atoms with E-state index in [0.29, 0.717) is 0 Å². The summed E-state index contributed by atoms with van der Waals surface area (Å²) >= 11 is 0. The second-order valence-corrected chi connectivity index (χ2v) is 3.65. The lowest BCUT2D eigenvalue weighted by atomic mass is 10.2. The highest BCUT2D eigenvalue weighted by molar-refractivity contribution is 5.46. The third kappa shape index (κ3) is 3.05. The minimum absolute atomic E-state index is 0.997. The summed E-state index contributed by atoms with van der Waals surface area (Å²) in [5.41, 5.74) is 2.37. The molecule has 80 valence electrons. The standard InChI is InChI=1S/C11H21N3/c1-4-6-7-8-12-11-9-14(3)13-10(11)5-2/h9,12H,4-8H2,1-3H3. The van der Waals surface area contributed by atoms with Gasteiger partial charge in [-0.1, -0.05) is 26.7 Å². The smallest absolute Gasteiger partial charge is 0.0853 e. The van der Waals surface area contributed by atoms with Crippen LogP contribution >= 0.6 is 0 Å². The number of aromatic nitrogens is 2. The maximum Gasteiger partial charge on any atom is 0.0853 e. The van der Waals surface area contributed by atoms with Gasteiger partial charge in [0.25, 0.3) is 0 Å². The van der Waals surface area contributed by atoms with Gasteiger partial charge in [-0.3, -0.25) is 4.68 Å².